The fourth-order valence-corrected chi connectivity index (χ4v) is 5.33. The second-order valence-electron chi connectivity index (χ2n) is 9.25. The van der Waals surface area contributed by atoms with Crippen LogP contribution in [-0.4, -0.2) is 29.6 Å². The third kappa shape index (κ3) is 3.51. The minimum atomic E-state index is -1.58. The molecule has 1 aromatic rings. The fourth-order valence-electron chi connectivity index (χ4n) is 5.33. The van der Waals surface area contributed by atoms with Gasteiger partial charge < -0.3 is 9.47 Å². The maximum absolute atomic E-state index is 13.9. The van der Waals surface area contributed by atoms with E-state index >= 15 is 0 Å². The first-order valence-electron chi connectivity index (χ1n) is 10.8. The molecule has 0 N–H and O–H groups in total. The zero-order valence-corrected chi connectivity index (χ0v) is 19.3. The number of allylic oxidation sites excluding steroid dienone is 2. The first kappa shape index (κ1) is 23.6. The van der Waals surface area contributed by atoms with Crippen molar-refractivity contribution in [2.24, 2.45) is 22.7 Å². The molecule has 1 heterocycles. The van der Waals surface area contributed by atoms with Crippen LogP contribution in [0.5, 0.6) is 5.75 Å². The zero-order chi connectivity index (χ0) is 23.8. The lowest BCUT2D eigenvalue weighted by atomic mass is 9.56. The van der Waals surface area contributed by atoms with Gasteiger partial charge in [0.15, 0.2) is 17.7 Å². The van der Waals surface area contributed by atoms with Crippen molar-refractivity contribution in [3.05, 3.63) is 54.1 Å². The van der Waals surface area contributed by atoms with Gasteiger partial charge in [-0.15, -0.1) is 6.58 Å². The van der Waals surface area contributed by atoms with Crippen LogP contribution >= 0.6 is 0 Å². The summed E-state index contributed by atoms with van der Waals surface area (Å²) in [7, 11) is 0. The standard InChI is InChI=1S/C26H30O6/c1-7-25(6)13-12-19(16(4)22(28)21(14-15(2)3)31-17(5)27)26(25)23(29)18-10-8-9-11-20(18)32-24(26)30/h7-11,14,16,19,21H,1,12-13H2,2-6H3. The summed E-state index contributed by atoms with van der Waals surface area (Å²) < 4.78 is 11.0. The van der Waals surface area contributed by atoms with Crippen LogP contribution in [0, 0.1) is 22.7 Å². The molecule has 1 aliphatic carbocycles. The summed E-state index contributed by atoms with van der Waals surface area (Å²) in [4.78, 5) is 52.6. The molecule has 3 rings (SSSR count). The van der Waals surface area contributed by atoms with E-state index in [4.69, 9.17) is 9.47 Å². The predicted molar refractivity (Wildman–Crippen MR) is 119 cm³/mol. The summed E-state index contributed by atoms with van der Waals surface area (Å²) in [6.07, 6.45) is 3.10. The van der Waals surface area contributed by atoms with E-state index in [0.29, 0.717) is 18.4 Å². The quantitative estimate of drug-likeness (QED) is 0.282. The Morgan fingerprint density at radius 1 is 1.22 bits per heavy atom. The molecule has 0 radical (unpaired) electrons. The van der Waals surface area contributed by atoms with E-state index < -0.39 is 40.7 Å². The fraction of sp³-hybridized carbons (Fsp3) is 0.462. The molecule has 1 aliphatic heterocycles. The molecular weight excluding hydrogens is 408 g/mol. The maximum Gasteiger partial charge on any atom is 0.326 e. The minimum Gasteiger partial charge on any atom is -0.450 e. The van der Waals surface area contributed by atoms with Crippen LogP contribution in [0.1, 0.15) is 57.8 Å². The van der Waals surface area contributed by atoms with E-state index in [0.717, 1.165) is 5.57 Å². The van der Waals surface area contributed by atoms with Gasteiger partial charge in [-0.25, -0.2) is 0 Å². The summed E-state index contributed by atoms with van der Waals surface area (Å²) in [6.45, 7) is 12.3. The normalized spacial score (nSPS) is 28.3. The highest BCUT2D eigenvalue weighted by Crippen LogP contribution is 2.63. The highest BCUT2D eigenvalue weighted by Gasteiger charge is 2.70. The Balaban J connectivity index is 2.12. The van der Waals surface area contributed by atoms with Crippen molar-refractivity contribution in [3.8, 4) is 5.75 Å². The smallest absolute Gasteiger partial charge is 0.326 e. The Labute approximate surface area is 188 Å². The number of hydrogen-bond acceptors (Lipinski definition) is 6. The molecule has 5 atom stereocenters. The maximum atomic E-state index is 13.9. The van der Waals surface area contributed by atoms with Crippen LogP contribution in [0.25, 0.3) is 0 Å². The largest absolute Gasteiger partial charge is 0.450 e. The summed E-state index contributed by atoms with van der Waals surface area (Å²) in [5.74, 6) is -3.07. The van der Waals surface area contributed by atoms with Gasteiger partial charge in [0.05, 0.1) is 5.56 Å². The number of rotatable bonds is 6. The van der Waals surface area contributed by atoms with Crippen LogP contribution in [-0.2, 0) is 19.1 Å². The second-order valence-corrected chi connectivity index (χ2v) is 9.25. The van der Waals surface area contributed by atoms with Gasteiger partial charge in [0.25, 0.3) is 0 Å². The van der Waals surface area contributed by atoms with Gasteiger partial charge in [-0.2, -0.15) is 0 Å². The van der Waals surface area contributed by atoms with Crippen molar-refractivity contribution in [2.45, 2.75) is 53.6 Å². The molecule has 2 aliphatic rings. The second kappa shape index (κ2) is 8.49. The molecular formula is C26H30O6. The number of ether oxygens (including phenoxy) is 2. The van der Waals surface area contributed by atoms with Crippen LogP contribution in [0.4, 0.5) is 0 Å². The number of benzene rings is 1. The molecule has 1 fully saturated rings. The molecule has 0 saturated heterocycles. The lowest BCUT2D eigenvalue weighted by molar-refractivity contribution is -0.156. The molecule has 0 bridgehead atoms. The number of carbonyl (C=O) groups excluding carboxylic acids is 4. The lowest BCUT2D eigenvalue weighted by Gasteiger charge is -2.45. The van der Waals surface area contributed by atoms with Crippen LogP contribution in [0.3, 0.4) is 0 Å². The molecule has 1 spiro atoms. The number of fused-ring (bicyclic) bond motifs is 1. The first-order valence-corrected chi connectivity index (χ1v) is 10.8. The summed E-state index contributed by atoms with van der Waals surface area (Å²) in [5.41, 5.74) is -1.32. The monoisotopic (exact) mass is 438 g/mol. The Hall–Kier alpha value is -3.02. The first-order chi connectivity index (χ1) is 15.0. The van der Waals surface area contributed by atoms with Gasteiger partial charge in [0.2, 0.25) is 0 Å². The van der Waals surface area contributed by atoms with E-state index in [2.05, 4.69) is 6.58 Å². The van der Waals surface area contributed by atoms with E-state index in [1.807, 2.05) is 6.92 Å². The van der Waals surface area contributed by atoms with Crippen molar-refractivity contribution in [1.29, 1.82) is 0 Å². The molecule has 32 heavy (non-hydrogen) atoms. The lowest BCUT2D eigenvalue weighted by Crippen LogP contribution is -2.58. The number of para-hydroxylation sites is 1. The number of hydrogen-bond donors (Lipinski definition) is 0. The summed E-state index contributed by atoms with van der Waals surface area (Å²) in [6, 6.07) is 6.65. The molecule has 0 amide bonds. The third-order valence-electron chi connectivity index (χ3n) is 7.01. The molecule has 170 valence electrons. The van der Waals surface area contributed by atoms with Gasteiger partial charge >= 0.3 is 11.9 Å². The van der Waals surface area contributed by atoms with Gasteiger partial charge in [0, 0.05) is 18.3 Å². The highest BCUT2D eigenvalue weighted by atomic mass is 16.5. The Morgan fingerprint density at radius 2 is 1.88 bits per heavy atom. The van der Waals surface area contributed by atoms with E-state index in [1.165, 1.54) is 6.92 Å². The van der Waals surface area contributed by atoms with E-state index in [-0.39, 0.29) is 17.3 Å². The minimum absolute atomic E-state index is 0.228. The van der Waals surface area contributed by atoms with Gasteiger partial charge in [-0.3, -0.25) is 19.2 Å². The zero-order valence-electron chi connectivity index (χ0n) is 19.3. The number of Topliss-reactive ketones (excluding diaryl/α,β-unsaturated/α-hetero) is 2. The van der Waals surface area contributed by atoms with Crippen molar-refractivity contribution in [2.75, 3.05) is 0 Å². The Kier molecular flexibility index (Phi) is 6.27. The molecule has 1 saturated carbocycles. The van der Waals surface area contributed by atoms with Crippen molar-refractivity contribution < 1.29 is 28.7 Å². The Bertz CT molecular complexity index is 1020. The summed E-state index contributed by atoms with van der Waals surface area (Å²) in [5, 5.41) is 0. The van der Waals surface area contributed by atoms with Gasteiger partial charge in [0.1, 0.15) is 11.2 Å². The number of esters is 2. The van der Waals surface area contributed by atoms with Crippen LogP contribution < -0.4 is 4.74 Å². The van der Waals surface area contributed by atoms with E-state index in [9.17, 15) is 19.2 Å². The SMILES string of the molecule is C=CC1(C)CCC(C(C)C(=O)C(C=C(C)C)OC(C)=O)C12C(=O)Oc1ccccc1C2=O. The van der Waals surface area contributed by atoms with Crippen molar-refractivity contribution in [1.82, 2.24) is 0 Å². The summed E-state index contributed by atoms with van der Waals surface area (Å²) >= 11 is 0. The predicted octanol–water partition coefficient (Wildman–Crippen LogP) is 4.48. The topological polar surface area (TPSA) is 86.7 Å². The van der Waals surface area contributed by atoms with E-state index in [1.54, 1.807) is 57.2 Å². The molecule has 6 heteroatoms. The van der Waals surface area contributed by atoms with Gasteiger partial charge in [-0.05, 0) is 50.8 Å². The number of ketones is 2. The molecule has 0 aromatic heterocycles. The average Bonchev–Trinajstić information content (AvgIpc) is 3.04. The van der Waals surface area contributed by atoms with Crippen LogP contribution in [0.2, 0.25) is 0 Å². The highest BCUT2D eigenvalue weighted by molar-refractivity contribution is 6.18. The van der Waals surface area contributed by atoms with Crippen LogP contribution in [0.15, 0.2) is 48.6 Å². The van der Waals surface area contributed by atoms with Crippen molar-refractivity contribution in [3.63, 3.8) is 0 Å². The van der Waals surface area contributed by atoms with Crippen molar-refractivity contribution >= 4 is 23.5 Å². The number of carbonyl (C=O) groups is 4. The third-order valence-corrected chi connectivity index (χ3v) is 7.01. The molecule has 5 unspecified atom stereocenters. The van der Waals surface area contributed by atoms with Gasteiger partial charge in [-0.1, -0.05) is 37.6 Å². The molecule has 1 aromatic carbocycles. The molecule has 6 nitrogen and oxygen atoms in total. The average molecular weight is 439 g/mol. The Morgan fingerprint density at radius 3 is 2.47 bits per heavy atom.